The first-order chi connectivity index (χ1) is 10.6. The number of carbonyl (C=O) groups excluding carboxylic acids is 1. The van der Waals surface area contributed by atoms with Crippen LogP contribution < -0.4 is 10.1 Å². The molecule has 0 aliphatic carbocycles. The molecule has 0 aromatic heterocycles. The second-order valence-electron chi connectivity index (χ2n) is 6.28. The van der Waals surface area contributed by atoms with E-state index in [0.717, 1.165) is 38.2 Å². The molecule has 1 amide bonds. The van der Waals surface area contributed by atoms with Crippen molar-refractivity contribution >= 4 is 5.91 Å². The number of piperidine rings is 1. The fourth-order valence-electron chi connectivity index (χ4n) is 2.87. The Morgan fingerprint density at radius 3 is 2.73 bits per heavy atom. The van der Waals surface area contributed by atoms with Crippen molar-refractivity contribution in [3.63, 3.8) is 0 Å². The highest BCUT2D eigenvalue weighted by Gasteiger charge is 2.20. The number of hydrogen-bond acceptors (Lipinski definition) is 3. The number of nitrogens with zero attached hydrogens (tertiary/aromatic N) is 1. The smallest absolute Gasteiger partial charge is 0.251 e. The summed E-state index contributed by atoms with van der Waals surface area (Å²) in [6.07, 6.45) is 3.38. The van der Waals surface area contributed by atoms with Crippen LogP contribution in [0.4, 0.5) is 0 Å². The minimum atomic E-state index is 0.00291. The van der Waals surface area contributed by atoms with Gasteiger partial charge in [-0.15, -0.1) is 0 Å². The molecule has 0 bridgehead atoms. The summed E-state index contributed by atoms with van der Waals surface area (Å²) < 4.78 is 5.65. The molecule has 0 saturated carbocycles. The largest absolute Gasteiger partial charge is 0.491 e. The van der Waals surface area contributed by atoms with E-state index in [4.69, 9.17) is 4.74 Å². The minimum absolute atomic E-state index is 0.00291. The molecule has 0 unspecified atom stereocenters. The number of ether oxygens (including phenoxy) is 1. The molecule has 22 heavy (non-hydrogen) atoms. The first kappa shape index (κ1) is 16.8. The standard InChI is InChI=1S/C18H28N2O2/c1-4-10-20-11-8-16(9-12-20)19-18(21)15-6-5-7-17(13-15)22-14(2)3/h5-7,13-14,16H,4,8-12H2,1-3H3,(H,19,21). The quantitative estimate of drug-likeness (QED) is 0.878. The third-order valence-corrected chi connectivity index (χ3v) is 3.93. The van der Waals surface area contributed by atoms with Crippen LogP contribution in [0.5, 0.6) is 5.75 Å². The number of amides is 1. The summed E-state index contributed by atoms with van der Waals surface area (Å²) in [6, 6.07) is 7.71. The zero-order valence-corrected chi connectivity index (χ0v) is 14.0. The summed E-state index contributed by atoms with van der Waals surface area (Å²) in [4.78, 5) is 14.8. The predicted octanol–water partition coefficient (Wildman–Crippen LogP) is 3.08. The maximum atomic E-state index is 12.4. The lowest BCUT2D eigenvalue weighted by molar-refractivity contribution is 0.0910. The maximum Gasteiger partial charge on any atom is 0.251 e. The van der Waals surface area contributed by atoms with E-state index in [0.29, 0.717) is 5.56 Å². The molecule has 1 aliphatic rings. The van der Waals surface area contributed by atoms with Crippen LogP contribution in [0.1, 0.15) is 50.4 Å². The van der Waals surface area contributed by atoms with Crippen molar-refractivity contribution in [2.75, 3.05) is 19.6 Å². The number of nitrogens with one attached hydrogen (secondary N) is 1. The van der Waals surface area contributed by atoms with Crippen molar-refractivity contribution in [1.82, 2.24) is 10.2 Å². The van der Waals surface area contributed by atoms with E-state index in [1.165, 1.54) is 6.42 Å². The summed E-state index contributed by atoms with van der Waals surface area (Å²) in [5.74, 6) is 0.753. The summed E-state index contributed by atoms with van der Waals surface area (Å²) in [7, 11) is 0. The van der Waals surface area contributed by atoms with Gasteiger partial charge in [-0.2, -0.15) is 0 Å². The molecule has 1 aromatic rings. The zero-order valence-electron chi connectivity index (χ0n) is 14.0. The van der Waals surface area contributed by atoms with Crippen LogP contribution in [0.3, 0.4) is 0 Å². The van der Waals surface area contributed by atoms with E-state index >= 15 is 0 Å². The number of hydrogen-bond donors (Lipinski definition) is 1. The molecule has 1 saturated heterocycles. The van der Waals surface area contributed by atoms with Gasteiger partial charge in [-0.3, -0.25) is 4.79 Å². The summed E-state index contributed by atoms with van der Waals surface area (Å²) in [5.41, 5.74) is 0.675. The number of likely N-dealkylation sites (tertiary alicyclic amines) is 1. The molecule has 1 N–H and O–H groups in total. The molecular formula is C18H28N2O2. The lowest BCUT2D eigenvalue weighted by atomic mass is 10.0. The van der Waals surface area contributed by atoms with Gasteiger partial charge in [0, 0.05) is 24.7 Å². The van der Waals surface area contributed by atoms with Crippen molar-refractivity contribution in [1.29, 1.82) is 0 Å². The van der Waals surface area contributed by atoms with Crippen LogP contribution >= 0.6 is 0 Å². The van der Waals surface area contributed by atoms with Crippen molar-refractivity contribution in [3.05, 3.63) is 29.8 Å². The minimum Gasteiger partial charge on any atom is -0.491 e. The highest BCUT2D eigenvalue weighted by Crippen LogP contribution is 2.16. The highest BCUT2D eigenvalue weighted by molar-refractivity contribution is 5.94. The van der Waals surface area contributed by atoms with Gasteiger partial charge in [-0.05, 0) is 57.9 Å². The Bertz CT molecular complexity index is 480. The normalized spacial score (nSPS) is 16.7. The maximum absolute atomic E-state index is 12.4. The Hall–Kier alpha value is -1.55. The Labute approximate surface area is 133 Å². The third kappa shape index (κ3) is 5.02. The second-order valence-corrected chi connectivity index (χ2v) is 6.28. The molecule has 1 aromatic carbocycles. The van der Waals surface area contributed by atoms with Crippen LogP contribution in [0.25, 0.3) is 0 Å². The molecule has 1 fully saturated rings. The van der Waals surface area contributed by atoms with Crippen molar-refractivity contribution in [2.45, 2.75) is 52.2 Å². The lowest BCUT2D eigenvalue weighted by Gasteiger charge is -2.32. The van der Waals surface area contributed by atoms with Gasteiger partial charge in [0.05, 0.1) is 6.10 Å². The monoisotopic (exact) mass is 304 g/mol. The Balaban J connectivity index is 1.87. The van der Waals surface area contributed by atoms with Gasteiger partial charge < -0.3 is 15.0 Å². The van der Waals surface area contributed by atoms with E-state index in [9.17, 15) is 4.79 Å². The van der Waals surface area contributed by atoms with Gasteiger partial charge in [0.25, 0.3) is 5.91 Å². The van der Waals surface area contributed by atoms with Crippen LogP contribution in [-0.2, 0) is 0 Å². The van der Waals surface area contributed by atoms with Gasteiger partial charge in [0.2, 0.25) is 0 Å². The summed E-state index contributed by atoms with van der Waals surface area (Å²) in [6.45, 7) is 9.49. The summed E-state index contributed by atoms with van der Waals surface area (Å²) in [5, 5.41) is 3.16. The van der Waals surface area contributed by atoms with Gasteiger partial charge in [0.15, 0.2) is 0 Å². The second kappa shape index (κ2) is 8.18. The van der Waals surface area contributed by atoms with E-state index in [-0.39, 0.29) is 18.1 Å². The van der Waals surface area contributed by atoms with Crippen molar-refractivity contribution in [3.8, 4) is 5.75 Å². The Kier molecular flexibility index (Phi) is 6.25. The van der Waals surface area contributed by atoms with Gasteiger partial charge in [-0.1, -0.05) is 13.0 Å². The average Bonchev–Trinajstić information content (AvgIpc) is 2.49. The van der Waals surface area contributed by atoms with Crippen LogP contribution in [0, 0.1) is 0 Å². The van der Waals surface area contributed by atoms with Crippen molar-refractivity contribution in [2.24, 2.45) is 0 Å². The van der Waals surface area contributed by atoms with Gasteiger partial charge in [0.1, 0.15) is 5.75 Å². The molecule has 122 valence electrons. The fraction of sp³-hybridized carbons (Fsp3) is 0.611. The van der Waals surface area contributed by atoms with Crippen LogP contribution in [0.15, 0.2) is 24.3 Å². The van der Waals surface area contributed by atoms with Crippen molar-refractivity contribution < 1.29 is 9.53 Å². The zero-order chi connectivity index (χ0) is 15.9. The molecular weight excluding hydrogens is 276 g/mol. The van der Waals surface area contributed by atoms with E-state index in [1.54, 1.807) is 0 Å². The molecule has 4 heteroatoms. The molecule has 0 atom stereocenters. The Morgan fingerprint density at radius 2 is 2.09 bits per heavy atom. The SMILES string of the molecule is CCCN1CCC(NC(=O)c2cccc(OC(C)C)c2)CC1. The van der Waals surface area contributed by atoms with E-state index < -0.39 is 0 Å². The highest BCUT2D eigenvalue weighted by atomic mass is 16.5. The molecule has 4 nitrogen and oxygen atoms in total. The van der Waals surface area contributed by atoms with E-state index in [2.05, 4.69) is 17.1 Å². The fourth-order valence-corrected chi connectivity index (χ4v) is 2.87. The molecule has 2 rings (SSSR count). The average molecular weight is 304 g/mol. The van der Waals surface area contributed by atoms with E-state index in [1.807, 2.05) is 38.1 Å². The first-order valence-electron chi connectivity index (χ1n) is 8.38. The van der Waals surface area contributed by atoms with Gasteiger partial charge >= 0.3 is 0 Å². The molecule has 1 aliphatic heterocycles. The lowest BCUT2D eigenvalue weighted by Crippen LogP contribution is -2.44. The first-order valence-corrected chi connectivity index (χ1v) is 8.38. The molecule has 0 spiro atoms. The van der Waals surface area contributed by atoms with Crippen LogP contribution in [0.2, 0.25) is 0 Å². The van der Waals surface area contributed by atoms with Crippen LogP contribution in [-0.4, -0.2) is 42.6 Å². The number of carbonyl (C=O) groups is 1. The third-order valence-electron chi connectivity index (χ3n) is 3.93. The number of rotatable bonds is 6. The Morgan fingerprint density at radius 1 is 1.36 bits per heavy atom. The topological polar surface area (TPSA) is 41.6 Å². The predicted molar refractivity (Wildman–Crippen MR) is 89.4 cm³/mol. The molecule has 0 radical (unpaired) electrons. The molecule has 1 heterocycles. The van der Waals surface area contributed by atoms with Gasteiger partial charge in [-0.25, -0.2) is 0 Å². The summed E-state index contributed by atoms with van der Waals surface area (Å²) >= 11 is 0. The number of benzene rings is 1.